The van der Waals surface area contributed by atoms with Crippen molar-refractivity contribution in [2.45, 2.75) is 6.92 Å². The van der Waals surface area contributed by atoms with E-state index in [2.05, 4.69) is 90.6 Å². The number of para-hydroxylation sites is 1. The second-order valence-electron chi connectivity index (χ2n) is 6.20. The van der Waals surface area contributed by atoms with Crippen LogP contribution in [-0.4, -0.2) is 0 Å². The number of benzene rings is 3. The zero-order valence-electron chi connectivity index (χ0n) is 16.1. The van der Waals surface area contributed by atoms with Crippen molar-refractivity contribution in [3.05, 3.63) is 122 Å². The molecule has 0 radical (unpaired) electrons. The van der Waals surface area contributed by atoms with E-state index < -0.39 is 0 Å². The molecule has 0 saturated carbocycles. The first-order valence-electron chi connectivity index (χ1n) is 9.20. The van der Waals surface area contributed by atoms with Gasteiger partial charge in [0.2, 0.25) is 0 Å². The van der Waals surface area contributed by atoms with E-state index in [1.165, 1.54) is 11.1 Å². The molecular formula is C27H23N. The van der Waals surface area contributed by atoms with Crippen molar-refractivity contribution in [1.29, 1.82) is 0 Å². The monoisotopic (exact) mass is 361 g/mol. The summed E-state index contributed by atoms with van der Waals surface area (Å²) in [5.74, 6) is 6.01. The highest BCUT2D eigenvalue weighted by molar-refractivity contribution is 5.73. The van der Waals surface area contributed by atoms with Crippen LogP contribution in [0.25, 0.3) is 11.1 Å². The third-order valence-corrected chi connectivity index (χ3v) is 4.38. The molecular weight excluding hydrogens is 338 g/mol. The van der Waals surface area contributed by atoms with E-state index in [1.807, 2.05) is 37.3 Å². The maximum Gasteiger partial charge on any atom is 0.0462 e. The maximum atomic E-state index is 3.97. The van der Waals surface area contributed by atoms with Gasteiger partial charge >= 0.3 is 0 Å². The zero-order chi connectivity index (χ0) is 19.8. The summed E-state index contributed by atoms with van der Waals surface area (Å²) in [7, 11) is 0. The normalized spacial score (nSPS) is 10.5. The van der Waals surface area contributed by atoms with Gasteiger partial charge in [0.05, 0.1) is 0 Å². The topological polar surface area (TPSA) is 3.24 Å². The summed E-state index contributed by atoms with van der Waals surface area (Å²) in [5, 5.41) is 0. The predicted octanol–water partition coefficient (Wildman–Crippen LogP) is 7.12. The summed E-state index contributed by atoms with van der Waals surface area (Å²) >= 11 is 0. The Hall–Kier alpha value is -3.76. The van der Waals surface area contributed by atoms with E-state index in [0.29, 0.717) is 0 Å². The Balaban J connectivity index is 1.98. The lowest BCUT2D eigenvalue weighted by molar-refractivity contribution is 1.21. The molecule has 0 aliphatic carbocycles. The molecule has 1 nitrogen and oxygen atoms in total. The highest BCUT2D eigenvalue weighted by Gasteiger charge is 2.12. The van der Waals surface area contributed by atoms with Crippen LogP contribution in [0.1, 0.15) is 12.5 Å². The zero-order valence-corrected chi connectivity index (χ0v) is 16.1. The number of rotatable bonds is 6. The van der Waals surface area contributed by atoms with E-state index >= 15 is 0 Å². The molecule has 0 saturated heterocycles. The minimum atomic E-state index is 0.969. The first-order valence-corrected chi connectivity index (χ1v) is 9.20. The average molecular weight is 361 g/mol. The minimum absolute atomic E-state index is 0.969. The molecule has 0 bridgehead atoms. The van der Waals surface area contributed by atoms with Gasteiger partial charge in [0.1, 0.15) is 0 Å². The SMILES string of the molecule is C=C/C=C(\C=C)N(c1ccccc1)c1ccc(-c2ccc(C#CC)cc2)cc1. The predicted molar refractivity (Wildman–Crippen MR) is 121 cm³/mol. The molecule has 0 amide bonds. The van der Waals surface area contributed by atoms with Gasteiger partial charge in [0, 0.05) is 22.6 Å². The molecule has 0 spiro atoms. The molecule has 0 aromatic heterocycles. The van der Waals surface area contributed by atoms with Crippen LogP contribution in [0.5, 0.6) is 0 Å². The summed E-state index contributed by atoms with van der Waals surface area (Å²) in [6.45, 7) is 9.65. The van der Waals surface area contributed by atoms with E-state index in [-0.39, 0.29) is 0 Å². The molecule has 0 N–H and O–H groups in total. The number of anilines is 2. The fourth-order valence-corrected chi connectivity index (χ4v) is 3.07. The molecule has 0 aliphatic rings. The van der Waals surface area contributed by atoms with Crippen LogP contribution < -0.4 is 4.90 Å². The van der Waals surface area contributed by atoms with Gasteiger partial charge in [-0.3, -0.25) is 0 Å². The van der Waals surface area contributed by atoms with Gasteiger partial charge in [0.15, 0.2) is 0 Å². The average Bonchev–Trinajstić information content (AvgIpc) is 2.75. The van der Waals surface area contributed by atoms with Crippen LogP contribution >= 0.6 is 0 Å². The Morgan fingerprint density at radius 2 is 1.36 bits per heavy atom. The molecule has 0 aliphatic heterocycles. The molecule has 0 unspecified atom stereocenters. The summed E-state index contributed by atoms with van der Waals surface area (Å²) < 4.78 is 0. The van der Waals surface area contributed by atoms with Gasteiger partial charge in [-0.25, -0.2) is 0 Å². The third-order valence-electron chi connectivity index (χ3n) is 4.38. The first kappa shape index (κ1) is 19.0. The largest absolute Gasteiger partial charge is 0.311 e. The molecule has 3 rings (SSSR count). The Morgan fingerprint density at radius 3 is 1.89 bits per heavy atom. The van der Waals surface area contributed by atoms with Crippen LogP contribution in [0.2, 0.25) is 0 Å². The van der Waals surface area contributed by atoms with Crippen molar-refractivity contribution in [1.82, 2.24) is 0 Å². The number of hydrogen-bond donors (Lipinski definition) is 0. The molecule has 3 aromatic rings. The molecule has 0 atom stereocenters. The second-order valence-corrected chi connectivity index (χ2v) is 6.20. The van der Waals surface area contributed by atoms with Crippen LogP contribution in [-0.2, 0) is 0 Å². The third kappa shape index (κ3) is 4.31. The van der Waals surface area contributed by atoms with Crippen molar-refractivity contribution in [3.63, 3.8) is 0 Å². The Morgan fingerprint density at radius 1 is 0.786 bits per heavy atom. The lowest BCUT2D eigenvalue weighted by atomic mass is 10.0. The van der Waals surface area contributed by atoms with Gasteiger partial charge in [0.25, 0.3) is 0 Å². The van der Waals surface area contributed by atoms with Crippen LogP contribution in [0.4, 0.5) is 11.4 Å². The lowest BCUT2D eigenvalue weighted by Crippen LogP contribution is -2.14. The van der Waals surface area contributed by atoms with Crippen LogP contribution in [0.3, 0.4) is 0 Å². The Kier molecular flexibility index (Phi) is 6.29. The van der Waals surface area contributed by atoms with Crippen molar-refractivity contribution >= 4 is 11.4 Å². The van der Waals surface area contributed by atoms with E-state index in [9.17, 15) is 0 Å². The van der Waals surface area contributed by atoms with Crippen molar-refractivity contribution in [2.75, 3.05) is 4.90 Å². The summed E-state index contributed by atoms with van der Waals surface area (Å²) in [5.41, 5.74) is 6.48. The van der Waals surface area contributed by atoms with Crippen molar-refractivity contribution in [3.8, 4) is 23.0 Å². The quantitative estimate of drug-likeness (QED) is 0.334. The van der Waals surface area contributed by atoms with Crippen LogP contribution in [0.15, 0.2) is 116 Å². The lowest BCUT2D eigenvalue weighted by Gasteiger charge is -2.26. The summed E-state index contributed by atoms with van der Waals surface area (Å²) in [6, 6.07) is 27.1. The smallest absolute Gasteiger partial charge is 0.0462 e. The summed E-state index contributed by atoms with van der Waals surface area (Å²) in [6.07, 6.45) is 5.58. The number of hydrogen-bond acceptors (Lipinski definition) is 1. The Labute approximate surface area is 168 Å². The van der Waals surface area contributed by atoms with Crippen molar-refractivity contribution < 1.29 is 0 Å². The van der Waals surface area contributed by atoms with E-state index in [1.54, 1.807) is 6.08 Å². The molecule has 0 fully saturated rings. The minimum Gasteiger partial charge on any atom is -0.311 e. The second kappa shape index (κ2) is 9.26. The van der Waals surface area contributed by atoms with Crippen LogP contribution in [0, 0.1) is 11.8 Å². The molecule has 1 heteroatoms. The number of allylic oxidation sites excluding steroid dienone is 3. The molecule has 0 heterocycles. The molecule has 136 valence electrons. The van der Waals surface area contributed by atoms with Gasteiger partial charge in [-0.15, -0.1) is 5.92 Å². The summed E-state index contributed by atoms with van der Waals surface area (Å²) in [4.78, 5) is 2.17. The van der Waals surface area contributed by atoms with E-state index in [4.69, 9.17) is 0 Å². The van der Waals surface area contributed by atoms with Gasteiger partial charge in [-0.2, -0.15) is 0 Å². The standard InChI is InChI=1S/C27H23N/c1-4-10-22-14-16-23(17-15-22)24-18-20-27(21-19-24)28(25(6-3)11-5-2)26-12-8-7-9-13-26/h5-9,11-21H,2-3H2,1H3/b25-11+. The van der Waals surface area contributed by atoms with Crippen molar-refractivity contribution in [2.24, 2.45) is 0 Å². The van der Waals surface area contributed by atoms with Gasteiger partial charge < -0.3 is 4.90 Å². The first-order chi connectivity index (χ1) is 13.8. The number of nitrogens with zero attached hydrogens (tertiary/aromatic N) is 1. The van der Waals surface area contributed by atoms with Gasteiger partial charge in [-0.1, -0.05) is 67.6 Å². The maximum absolute atomic E-state index is 3.97. The molecule has 28 heavy (non-hydrogen) atoms. The Bertz CT molecular complexity index is 1030. The highest BCUT2D eigenvalue weighted by Crippen LogP contribution is 2.32. The fourth-order valence-electron chi connectivity index (χ4n) is 3.07. The highest BCUT2D eigenvalue weighted by atomic mass is 15.1. The van der Waals surface area contributed by atoms with Gasteiger partial charge in [-0.05, 0) is 66.6 Å². The fraction of sp³-hybridized carbons (Fsp3) is 0.0370. The van der Waals surface area contributed by atoms with E-state index in [0.717, 1.165) is 22.6 Å². The molecule has 3 aromatic carbocycles.